The highest BCUT2D eigenvalue weighted by Crippen LogP contribution is 2.17. The number of carbonyl (C=O) groups excluding carboxylic acids is 1. The number of benzene rings is 1. The highest BCUT2D eigenvalue weighted by atomic mass is 127. The van der Waals surface area contributed by atoms with Gasteiger partial charge in [-0.25, -0.2) is 0 Å². The number of hydrogen-bond donors (Lipinski definition) is 2. The Kier molecular flexibility index (Phi) is 4.39. The fourth-order valence-electron chi connectivity index (χ4n) is 2.19. The van der Waals surface area contributed by atoms with Crippen molar-refractivity contribution in [1.82, 2.24) is 5.32 Å². The summed E-state index contributed by atoms with van der Waals surface area (Å²) in [6.45, 7) is 0. The maximum absolute atomic E-state index is 12.0. The molecule has 2 atom stereocenters. The van der Waals surface area contributed by atoms with Crippen molar-refractivity contribution in [2.45, 2.75) is 37.8 Å². The van der Waals surface area contributed by atoms with Gasteiger partial charge in [-0.15, -0.1) is 0 Å². The van der Waals surface area contributed by atoms with Gasteiger partial charge in [-0.05, 0) is 59.7 Å². The lowest BCUT2D eigenvalue weighted by atomic mass is 9.91. The highest BCUT2D eigenvalue weighted by Gasteiger charge is 2.23. The van der Waals surface area contributed by atoms with Gasteiger partial charge in [0.15, 0.2) is 0 Å². The topological polar surface area (TPSA) is 55.1 Å². The van der Waals surface area contributed by atoms with Gasteiger partial charge in [-0.1, -0.05) is 12.8 Å². The first-order chi connectivity index (χ1) is 8.16. The zero-order valence-electron chi connectivity index (χ0n) is 9.66. The lowest BCUT2D eigenvalue weighted by Gasteiger charge is -2.29. The number of rotatable bonds is 2. The van der Waals surface area contributed by atoms with Crippen LogP contribution in [0.1, 0.15) is 36.0 Å². The zero-order chi connectivity index (χ0) is 12.3. The van der Waals surface area contributed by atoms with Crippen LogP contribution in [0.4, 0.5) is 0 Å². The molecule has 92 valence electrons. The Bertz CT molecular complexity index is 391. The van der Waals surface area contributed by atoms with Gasteiger partial charge in [-0.2, -0.15) is 0 Å². The largest absolute Gasteiger partial charge is 0.348 e. The Labute approximate surface area is 115 Å². The van der Waals surface area contributed by atoms with E-state index in [2.05, 4.69) is 27.9 Å². The van der Waals surface area contributed by atoms with Crippen LogP contribution in [0.15, 0.2) is 24.3 Å². The Hall–Kier alpha value is -0.620. The first-order valence-corrected chi connectivity index (χ1v) is 7.07. The second-order valence-corrected chi connectivity index (χ2v) is 5.78. The molecule has 1 amide bonds. The van der Waals surface area contributed by atoms with E-state index < -0.39 is 0 Å². The second-order valence-electron chi connectivity index (χ2n) is 4.54. The maximum Gasteiger partial charge on any atom is 0.251 e. The van der Waals surface area contributed by atoms with Crippen LogP contribution < -0.4 is 11.1 Å². The SMILES string of the molecule is NC1CCCCC1NC(=O)c1ccc(I)cc1. The van der Waals surface area contributed by atoms with E-state index >= 15 is 0 Å². The molecule has 3 nitrogen and oxygen atoms in total. The molecule has 1 aromatic carbocycles. The summed E-state index contributed by atoms with van der Waals surface area (Å²) < 4.78 is 1.13. The molecule has 3 N–H and O–H groups in total. The third-order valence-electron chi connectivity index (χ3n) is 3.24. The van der Waals surface area contributed by atoms with Gasteiger partial charge in [0, 0.05) is 21.2 Å². The molecule has 0 spiro atoms. The van der Waals surface area contributed by atoms with Crippen LogP contribution >= 0.6 is 22.6 Å². The van der Waals surface area contributed by atoms with Crippen molar-refractivity contribution >= 4 is 28.5 Å². The summed E-state index contributed by atoms with van der Waals surface area (Å²) in [6, 6.07) is 7.83. The van der Waals surface area contributed by atoms with Gasteiger partial charge in [0.05, 0.1) is 0 Å². The molecule has 1 aliphatic carbocycles. The van der Waals surface area contributed by atoms with Crippen LogP contribution in [0.5, 0.6) is 0 Å². The summed E-state index contributed by atoms with van der Waals surface area (Å²) in [5.41, 5.74) is 6.72. The van der Waals surface area contributed by atoms with Crippen molar-refractivity contribution in [2.24, 2.45) is 5.73 Å². The van der Waals surface area contributed by atoms with E-state index in [1.807, 2.05) is 24.3 Å². The molecule has 2 unspecified atom stereocenters. The van der Waals surface area contributed by atoms with Gasteiger partial charge >= 0.3 is 0 Å². The third kappa shape index (κ3) is 3.42. The highest BCUT2D eigenvalue weighted by molar-refractivity contribution is 14.1. The van der Waals surface area contributed by atoms with Crippen LogP contribution in [0, 0.1) is 3.57 Å². The summed E-state index contributed by atoms with van der Waals surface area (Å²) in [6.07, 6.45) is 4.34. The molecule has 1 aromatic rings. The molecule has 4 heteroatoms. The fraction of sp³-hybridized carbons (Fsp3) is 0.462. The monoisotopic (exact) mass is 344 g/mol. The molecule has 0 heterocycles. The standard InChI is InChI=1S/C13H17IN2O/c14-10-7-5-9(6-8-10)13(17)16-12-4-2-1-3-11(12)15/h5-8,11-12H,1-4,15H2,(H,16,17). The number of halogens is 1. The number of nitrogens with one attached hydrogen (secondary N) is 1. The molecule has 0 aromatic heterocycles. The first kappa shape index (κ1) is 12.8. The van der Waals surface area contributed by atoms with E-state index in [1.54, 1.807) is 0 Å². The van der Waals surface area contributed by atoms with E-state index in [1.165, 1.54) is 6.42 Å². The Morgan fingerprint density at radius 3 is 2.53 bits per heavy atom. The van der Waals surface area contributed by atoms with Crippen LogP contribution in [0.25, 0.3) is 0 Å². The van der Waals surface area contributed by atoms with E-state index in [0.717, 1.165) is 22.8 Å². The zero-order valence-corrected chi connectivity index (χ0v) is 11.8. The van der Waals surface area contributed by atoms with Crippen LogP contribution in [0.2, 0.25) is 0 Å². The van der Waals surface area contributed by atoms with E-state index in [0.29, 0.717) is 5.56 Å². The molecule has 1 saturated carbocycles. The van der Waals surface area contributed by atoms with Gasteiger partial charge in [0.25, 0.3) is 5.91 Å². The van der Waals surface area contributed by atoms with Gasteiger partial charge in [0.2, 0.25) is 0 Å². The number of carbonyl (C=O) groups is 1. The van der Waals surface area contributed by atoms with Crippen molar-refractivity contribution in [3.8, 4) is 0 Å². The molecule has 1 fully saturated rings. The van der Waals surface area contributed by atoms with E-state index in [9.17, 15) is 4.79 Å². The third-order valence-corrected chi connectivity index (χ3v) is 3.96. The average molecular weight is 344 g/mol. The van der Waals surface area contributed by atoms with Crippen LogP contribution in [0.3, 0.4) is 0 Å². The Balaban J connectivity index is 1.98. The molecule has 0 saturated heterocycles. The summed E-state index contributed by atoms with van der Waals surface area (Å²) in [7, 11) is 0. The number of nitrogens with two attached hydrogens (primary N) is 1. The summed E-state index contributed by atoms with van der Waals surface area (Å²) >= 11 is 2.23. The molecule has 17 heavy (non-hydrogen) atoms. The smallest absolute Gasteiger partial charge is 0.251 e. The molecular weight excluding hydrogens is 327 g/mol. The molecule has 0 aliphatic heterocycles. The molecule has 0 radical (unpaired) electrons. The number of amides is 1. The van der Waals surface area contributed by atoms with Gasteiger partial charge < -0.3 is 11.1 Å². The normalized spacial score (nSPS) is 24.4. The summed E-state index contributed by atoms with van der Waals surface area (Å²) in [5.74, 6) is -0.0104. The quantitative estimate of drug-likeness (QED) is 0.809. The van der Waals surface area contributed by atoms with E-state index in [-0.39, 0.29) is 18.0 Å². The second kappa shape index (κ2) is 5.82. The van der Waals surface area contributed by atoms with Crippen molar-refractivity contribution in [3.63, 3.8) is 0 Å². The predicted molar refractivity (Wildman–Crippen MR) is 76.9 cm³/mol. The lowest BCUT2D eigenvalue weighted by molar-refractivity contribution is 0.0921. The average Bonchev–Trinajstić information content (AvgIpc) is 2.33. The van der Waals surface area contributed by atoms with Crippen LogP contribution in [-0.4, -0.2) is 18.0 Å². The molecule has 1 aliphatic rings. The minimum Gasteiger partial charge on any atom is -0.348 e. The Morgan fingerprint density at radius 1 is 1.24 bits per heavy atom. The van der Waals surface area contributed by atoms with Crippen molar-refractivity contribution in [2.75, 3.05) is 0 Å². The minimum atomic E-state index is -0.0104. The van der Waals surface area contributed by atoms with E-state index in [4.69, 9.17) is 5.73 Å². The predicted octanol–water partition coefficient (Wildman–Crippen LogP) is 2.29. The van der Waals surface area contributed by atoms with Crippen molar-refractivity contribution < 1.29 is 4.79 Å². The van der Waals surface area contributed by atoms with Gasteiger partial charge in [0.1, 0.15) is 0 Å². The molecule has 0 bridgehead atoms. The maximum atomic E-state index is 12.0. The fourth-order valence-corrected chi connectivity index (χ4v) is 2.55. The molecule has 2 rings (SSSR count). The summed E-state index contributed by atoms with van der Waals surface area (Å²) in [5, 5.41) is 3.04. The first-order valence-electron chi connectivity index (χ1n) is 5.99. The van der Waals surface area contributed by atoms with Crippen LogP contribution in [-0.2, 0) is 0 Å². The lowest BCUT2D eigenvalue weighted by Crippen LogP contribution is -2.49. The number of hydrogen-bond acceptors (Lipinski definition) is 2. The van der Waals surface area contributed by atoms with Gasteiger partial charge in [-0.3, -0.25) is 4.79 Å². The summed E-state index contributed by atoms with van der Waals surface area (Å²) in [4.78, 5) is 12.0. The Morgan fingerprint density at radius 2 is 1.88 bits per heavy atom. The van der Waals surface area contributed by atoms with Crippen molar-refractivity contribution in [3.05, 3.63) is 33.4 Å². The molecular formula is C13H17IN2O. The minimum absolute atomic E-state index is 0.0104. The van der Waals surface area contributed by atoms with Crippen molar-refractivity contribution in [1.29, 1.82) is 0 Å².